The van der Waals surface area contributed by atoms with Gasteiger partial charge in [-0.1, -0.05) is 17.7 Å². The molecular formula is C20H17ClN4O. The van der Waals surface area contributed by atoms with Crippen LogP contribution in [0.25, 0.3) is 16.6 Å². The Kier molecular flexibility index (Phi) is 4.31. The molecule has 4 rings (SSSR count). The molecule has 0 aliphatic heterocycles. The van der Waals surface area contributed by atoms with Gasteiger partial charge in [-0.2, -0.15) is 0 Å². The number of halogens is 1. The van der Waals surface area contributed by atoms with E-state index < -0.39 is 0 Å². The minimum absolute atomic E-state index is 0.117. The van der Waals surface area contributed by atoms with E-state index in [9.17, 15) is 4.79 Å². The molecule has 0 amide bonds. The first-order valence-corrected chi connectivity index (χ1v) is 8.76. The van der Waals surface area contributed by atoms with E-state index in [1.54, 1.807) is 24.5 Å². The second-order valence-corrected chi connectivity index (χ2v) is 6.60. The minimum Gasteiger partial charge on any atom is -0.290 e. The number of fused-ring (bicyclic) bond motifs is 1. The highest BCUT2D eigenvalue weighted by atomic mass is 35.5. The summed E-state index contributed by atoms with van der Waals surface area (Å²) >= 11 is 5.95. The van der Waals surface area contributed by atoms with E-state index in [1.165, 1.54) is 4.68 Å². The van der Waals surface area contributed by atoms with Crippen LogP contribution in [-0.2, 0) is 12.8 Å². The quantitative estimate of drug-likeness (QED) is 0.598. The minimum atomic E-state index is -0.117. The number of rotatable bonds is 4. The van der Waals surface area contributed by atoms with Crippen molar-refractivity contribution in [3.63, 3.8) is 0 Å². The van der Waals surface area contributed by atoms with Gasteiger partial charge in [0.1, 0.15) is 0 Å². The van der Waals surface area contributed by atoms with E-state index >= 15 is 0 Å². The number of hydrogen-bond donors (Lipinski definition) is 1. The number of H-pyrrole nitrogens is 1. The lowest BCUT2D eigenvalue weighted by molar-refractivity contribution is 0.853. The summed E-state index contributed by atoms with van der Waals surface area (Å²) in [6.07, 6.45) is 4.98. The van der Waals surface area contributed by atoms with Crippen molar-refractivity contribution in [1.29, 1.82) is 0 Å². The Morgan fingerprint density at radius 2 is 1.88 bits per heavy atom. The van der Waals surface area contributed by atoms with Crippen LogP contribution in [0.2, 0.25) is 5.02 Å². The molecule has 0 aliphatic rings. The molecule has 0 spiro atoms. The number of aromatic nitrogens is 4. The molecule has 1 aromatic carbocycles. The summed E-state index contributed by atoms with van der Waals surface area (Å²) in [5.74, 6) is 0. The highest BCUT2D eigenvalue weighted by Gasteiger charge is 2.14. The van der Waals surface area contributed by atoms with Gasteiger partial charge in [0, 0.05) is 28.8 Å². The monoisotopic (exact) mass is 364 g/mol. The molecule has 3 heterocycles. The summed E-state index contributed by atoms with van der Waals surface area (Å²) in [4.78, 5) is 21.6. The van der Waals surface area contributed by atoms with Crippen molar-refractivity contribution in [2.45, 2.75) is 19.8 Å². The van der Waals surface area contributed by atoms with Crippen molar-refractivity contribution in [3.8, 4) is 5.69 Å². The Morgan fingerprint density at radius 3 is 2.62 bits per heavy atom. The lowest BCUT2D eigenvalue weighted by Gasteiger charge is -2.06. The summed E-state index contributed by atoms with van der Waals surface area (Å²) in [6, 6.07) is 13.0. The van der Waals surface area contributed by atoms with Crippen molar-refractivity contribution in [2.75, 3.05) is 0 Å². The van der Waals surface area contributed by atoms with E-state index in [0.29, 0.717) is 10.4 Å². The molecule has 0 radical (unpaired) electrons. The average molecular weight is 365 g/mol. The SMILES string of the molecule is Cc1ncc2c(=O)n(-c3ccc(Cl)cc3)[nH]c2c1CCc1ccccn1. The second kappa shape index (κ2) is 6.77. The first kappa shape index (κ1) is 16.5. The third-order valence-electron chi connectivity index (χ3n) is 4.49. The maximum absolute atomic E-state index is 12.8. The molecule has 0 bridgehead atoms. The number of hydrogen-bond acceptors (Lipinski definition) is 3. The van der Waals surface area contributed by atoms with Gasteiger partial charge in [0.15, 0.2) is 0 Å². The van der Waals surface area contributed by atoms with E-state index in [-0.39, 0.29) is 5.56 Å². The molecule has 0 atom stereocenters. The molecule has 130 valence electrons. The van der Waals surface area contributed by atoms with Gasteiger partial charge < -0.3 is 0 Å². The third-order valence-corrected chi connectivity index (χ3v) is 4.75. The van der Waals surface area contributed by atoms with Crippen LogP contribution in [0, 0.1) is 6.92 Å². The van der Waals surface area contributed by atoms with Crippen molar-refractivity contribution in [2.24, 2.45) is 0 Å². The normalized spacial score (nSPS) is 11.2. The molecular weight excluding hydrogens is 348 g/mol. The number of pyridine rings is 2. The standard InChI is InChI=1S/C20H17ClN4O/c1-13-17(10-7-15-4-2-3-11-22-15)19-18(12-23-13)20(26)25(24-19)16-8-5-14(21)6-9-16/h2-6,8-9,11-12,24H,7,10H2,1H3. The predicted molar refractivity (Wildman–Crippen MR) is 103 cm³/mol. The highest BCUT2D eigenvalue weighted by Crippen LogP contribution is 2.20. The van der Waals surface area contributed by atoms with E-state index in [1.807, 2.05) is 37.3 Å². The first-order valence-electron chi connectivity index (χ1n) is 8.38. The molecule has 26 heavy (non-hydrogen) atoms. The van der Waals surface area contributed by atoms with Crippen molar-refractivity contribution >= 4 is 22.5 Å². The second-order valence-electron chi connectivity index (χ2n) is 6.16. The lowest BCUT2D eigenvalue weighted by Crippen LogP contribution is -2.14. The van der Waals surface area contributed by atoms with Crippen LogP contribution in [0.1, 0.15) is 17.0 Å². The van der Waals surface area contributed by atoms with Crippen LogP contribution in [0.15, 0.2) is 59.7 Å². The molecule has 0 saturated carbocycles. The largest absolute Gasteiger partial charge is 0.290 e. The molecule has 0 fully saturated rings. The van der Waals surface area contributed by atoms with Gasteiger partial charge in [-0.3, -0.25) is 19.9 Å². The van der Waals surface area contributed by atoms with E-state index in [4.69, 9.17) is 11.6 Å². The zero-order valence-corrected chi connectivity index (χ0v) is 15.0. The Bertz CT molecular complexity index is 1110. The summed E-state index contributed by atoms with van der Waals surface area (Å²) < 4.78 is 1.53. The fourth-order valence-corrected chi connectivity index (χ4v) is 3.22. The van der Waals surface area contributed by atoms with Crippen molar-refractivity contribution in [3.05, 3.63) is 87.2 Å². The number of aryl methyl sites for hydroxylation is 3. The molecule has 1 N–H and O–H groups in total. The highest BCUT2D eigenvalue weighted by molar-refractivity contribution is 6.30. The summed E-state index contributed by atoms with van der Waals surface area (Å²) in [7, 11) is 0. The molecule has 4 aromatic rings. The van der Waals surface area contributed by atoms with Crippen LogP contribution < -0.4 is 5.56 Å². The Morgan fingerprint density at radius 1 is 1.08 bits per heavy atom. The third kappa shape index (κ3) is 3.02. The Labute approximate surface area is 155 Å². The first-order chi connectivity index (χ1) is 12.6. The zero-order chi connectivity index (χ0) is 18.1. The smallest absolute Gasteiger partial charge is 0.280 e. The maximum atomic E-state index is 12.8. The number of aromatic amines is 1. The summed E-state index contributed by atoms with van der Waals surface area (Å²) in [6.45, 7) is 1.96. The fourth-order valence-electron chi connectivity index (χ4n) is 3.10. The molecule has 0 saturated heterocycles. The van der Waals surface area contributed by atoms with Crippen LogP contribution >= 0.6 is 11.6 Å². The van der Waals surface area contributed by atoms with Gasteiger partial charge in [-0.15, -0.1) is 0 Å². The number of nitrogens with zero attached hydrogens (tertiary/aromatic N) is 3. The molecule has 0 aliphatic carbocycles. The fraction of sp³-hybridized carbons (Fsp3) is 0.150. The van der Waals surface area contributed by atoms with E-state index in [0.717, 1.165) is 41.0 Å². The maximum Gasteiger partial charge on any atom is 0.280 e. The molecule has 5 nitrogen and oxygen atoms in total. The lowest BCUT2D eigenvalue weighted by atomic mass is 10.0. The van der Waals surface area contributed by atoms with Crippen LogP contribution in [0.5, 0.6) is 0 Å². The molecule has 6 heteroatoms. The van der Waals surface area contributed by atoms with Gasteiger partial charge in [0.2, 0.25) is 0 Å². The van der Waals surface area contributed by atoms with Crippen molar-refractivity contribution < 1.29 is 0 Å². The average Bonchev–Trinajstić information content (AvgIpc) is 2.99. The van der Waals surface area contributed by atoms with Crippen molar-refractivity contribution in [1.82, 2.24) is 19.7 Å². The van der Waals surface area contributed by atoms with Crippen LogP contribution in [0.4, 0.5) is 0 Å². The van der Waals surface area contributed by atoms with Gasteiger partial charge in [-0.05, 0) is 61.7 Å². The summed E-state index contributed by atoms with van der Waals surface area (Å²) in [5.41, 5.74) is 4.42. The van der Waals surface area contributed by atoms with Crippen LogP contribution in [0.3, 0.4) is 0 Å². The summed E-state index contributed by atoms with van der Waals surface area (Å²) in [5, 5.41) is 4.46. The number of benzene rings is 1. The van der Waals surface area contributed by atoms with Gasteiger partial charge in [0.25, 0.3) is 5.56 Å². The zero-order valence-electron chi connectivity index (χ0n) is 14.2. The number of nitrogens with one attached hydrogen (secondary N) is 1. The Hall–Kier alpha value is -2.92. The van der Waals surface area contributed by atoms with Gasteiger partial charge >= 0.3 is 0 Å². The van der Waals surface area contributed by atoms with Gasteiger partial charge in [-0.25, -0.2) is 4.68 Å². The van der Waals surface area contributed by atoms with Gasteiger partial charge in [0.05, 0.1) is 16.6 Å². The van der Waals surface area contributed by atoms with E-state index in [2.05, 4.69) is 15.1 Å². The van der Waals surface area contributed by atoms with Crippen LogP contribution in [-0.4, -0.2) is 19.7 Å². The topological polar surface area (TPSA) is 63.6 Å². The molecule has 3 aromatic heterocycles. The Balaban J connectivity index is 1.78. The predicted octanol–water partition coefficient (Wildman–Crippen LogP) is 3.86. The molecule has 0 unspecified atom stereocenters.